The van der Waals surface area contributed by atoms with Crippen molar-refractivity contribution < 1.29 is 14.2 Å². The molecule has 0 unspecified atom stereocenters. The summed E-state index contributed by atoms with van der Waals surface area (Å²) in [5.41, 5.74) is 0. The van der Waals surface area contributed by atoms with Gasteiger partial charge < -0.3 is 20.0 Å². The molecule has 0 aliphatic rings. The molecule has 0 bridgehead atoms. The van der Waals surface area contributed by atoms with Gasteiger partial charge in [-0.1, -0.05) is 11.2 Å². The van der Waals surface area contributed by atoms with Crippen LogP contribution in [-0.4, -0.2) is 30.8 Å². The Bertz CT molecular complexity index is 824. The van der Waals surface area contributed by atoms with E-state index in [-0.39, 0.29) is 24.1 Å². The summed E-state index contributed by atoms with van der Waals surface area (Å²) < 4.78 is 6.17. The number of carbonyl (C=O) groups excluding carboxylic acids is 1. The van der Waals surface area contributed by atoms with Crippen LogP contribution in [0.15, 0.2) is 34.3 Å². The van der Waals surface area contributed by atoms with E-state index in [9.17, 15) is 14.9 Å². The molecule has 3 heterocycles. The van der Waals surface area contributed by atoms with Crippen molar-refractivity contribution in [1.82, 2.24) is 25.2 Å². The van der Waals surface area contributed by atoms with Crippen LogP contribution in [0.2, 0.25) is 0 Å². The molecule has 0 aliphatic carbocycles. The molecule has 0 aromatic carbocycles. The first-order valence-electron chi connectivity index (χ1n) is 6.43. The fraction of sp³-hybridized carbons (Fsp3) is 0.167. The van der Waals surface area contributed by atoms with Gasteiger partial charge in [-0.25, -0.2) is 0 Å². The highest BCUT2D eigenvalue weighted by molar-refractivity contribution is 7.09. The number of hydrogen-bond acceptors (Lipinski definition) is 8. The minimum Gasteiger partial charge on any atom is -0.358 e. The number of carbonyl (C=O) groups is 1. The molecule has 1 N–H and O–H groups in total. The van der Waals surface area contributed by atoms with Gasteiger partial charge in [-0.15, -0.1) is 11.3 Å². The minimum absolute atomic E-state index is 0.0650. The number of aromatic nitrogens is 4. The van der Waals surface area contributed by atoms with Gasteiger partial charge in [-0.3, -0.25) is 4.79 Å². The van der Waals surface area contributed by atoms with Gasteiger partial charge in [-0.05, 0) is 16.4 Å². The maximum absolute atomic E-state index is 11.9. The molecule has 3 rings (SSSR count). The van der Waals surface area contributed by atoms with E-state index in [0.29, 0.717) is 6.54 Å². The Kier molecular flexibility index (Phi) is 4.10. The standard InChI is InChI=1S/C12H10N6O4S/c19-11(13-6-8-2-1-5-23-8)12-14-9(16-22-12)7-17-4-3-10(15-17)18(20)21/h1-5H,6-7H2,(H,13,19). The molecule has 0 radical (unpaired) electrons. The third kappa shape index (κ3) is 3.58. The van der Waals surface area contributed by atoms with Crippen molar-refractivity contribution in [2.45, 2.75) is 13.1 Å². The molecule has 0 fully saturated rings. The van der Waals surface area contributed by atoms with Gasteiger partial charge >= 0.3 is 17.6 Å². The quantitative estimate of drug-likeness (QED) is 0.530. The molecule has 0 spiro atoms. The lowest BCUT2D eigenvalue weighted by molar-refractivity contribution is -0.389. The van der Waals surface area contributed by atoms with E-state index >= 15 is 0 Å². The Morgan fingerprint density at radius 2 is 2.35 bits per heavy atom. The average molecular weight is 334 g/mol. The number of nitro groups is 1. The number of nitrogens with one attached hydrogen (secondary N) is 1. The normalized spacial score (nSPS) is 10.6. The Morgan fingerprint density at radius 1 is 1.48 bits per heavy atom. The lowest BCUT2D eigenvalue weighted by atomic mass is 10.4. The largest absolute Gasteiger partial charge is 0.389 e. The summed E-state index contributed by atoms with van der Waals surface area (Å²) in [6, 6.07) is 5.05. The summed E-state index contributed by atoms with van der Waals surface area (Å²) in [5.74, 6) is -0.728. The van der Waals surface area contributed by atoms with Gasteiger partial charge in [0, 0.05) is 4.88 Å². The predicted molar refractivity (Wildman–Crippen MR) is 77.8 cm³/mol. The van der Waals surface area contributed by atoms with E-state index in [2.05, 4.69) is 20.6 Å². The van der Waals surface area contributed by atoms with Gasteiger partial charge in [-0.2, -0.15) is 9.67 Å². The molecular formula is C12H10N6O4S. The summed E-state index contributed by atoms with van der Waals surface area (Å²) in [5, 5.41) is 22.5. The maximum atomic E-state index is 11.9. The molecule has 10 nitrogen and oxygen atoms in total. The monoisotopic (exact) mass is 334 g/mol. The first kappa shape index (κ1) is 14.8. The third-order valence-corrected chi connectivity index (χ3v) is 3.66. The zero-order valence-corrected chi connectivity index (χ0v) is 12.4. The van der Waals surface area contributed by atoms with Crippen LogP contribution in [0, 0.1) is 10.1 Å². The van der Waals surface area contributed by atoms with Crippen molar-refractivity contribution in [1.29, 1.82) is 0 Å². The maximum Gasteiger partial charge on any atom is 0.389 e. The smallest absolute Gasteiger partial charge is 0.358 e. The number of rotatable bonds is 6. The van der Waals surface area contributed by atoms with Gasteiger partial charge in [0.1, 0.15) is 6.54 Å². The highest BCUT2D eigenvalue weighted by Crippen LogP contribution is 2.09. The molecule has 23 heavy (non-hydrogen) atoms. The Morgan fingerprint density at radius 3 is 3.04 bits per heavy atom. The van der Waals surface area contributed by atoms with Crippen LogP contribution in [-0.2, 0) is 13.1 Å². The van der Waals surface area contributed by atoms with Crippen LogP contribution in [0.3, 0.4) is 0 Å². The van der Waals surface area contributed by atoms with E-state index in [1.54, 1.807) is 0 Å². The Labute approximate surface area is 132 Å². The minimum atomic E-state index is -0.601. The van der Waals surface area contributed by atoms with Crippen LogP contribution in [0.5, 0.6) is 0 Å². The summed E-state index contributed by atoms with van der Waals surface area (Å²) in [7, 11) is 0. The van der Waals surface area contributed by atoms with E-state index in [0.717, 1.165) is 4.88 Å². The molecule has 118 valence electrons. The van der Waals surface area contributed by atoms with Crippen LogP contribution in [0.25, 0.3) is 0 Å². The molecule has 0 atom stereocenters. The second-order valence-corrected chi connectivity index (χ2v) is 5.44. The molecule has 3 aromatic heterocycles. The van der Waals surface area contributed by atoms with Crippen molar-refractivity contribution in [2.24, 2.45) is 0 Å². The highest BCUT2D eigenvalue weighted by Gasteiger charge is 2.17. The lowest BCUT2D eigenvalue weighted by Crippen LogP contribution is -2.22. The molecule has 0 saturated heterocycles. The highest BCUT2D eigenvalue weighted by atomic mass is 32.1. The number of hydrogen-bond donors (Lipinski definition) is 1. The number of amides is 1. The summed E-state index contributed by atoms with van der Waals surface area (Å²) in [6.07, 6.45) is 1.42. The second-order valence-electron chi connectivity index (χ2n) is 4.41. The molecule has 1 amide bonds. The fourth-order valence-electron chi connectivity index (χ4n) is 1.75. The van der Waals surface area contributed by atoms with Crippen molar-refractivity contribution in [2.75, 3.05) is 0 Å². The van der Waals surface area contributed by atoms with Gasteiger partial charge in [0.25, 0.3) is 0 Å². The SMILES string of the molecule is O=C(NCc1cccs1)c1nc(Cn2ccc([N+](=O)[O-])n2)no1. The average Bonchev–Trinajstić information content (AvgIpc) is 3.27. The molecule has 11 heteroatoms. The first-order chi connectivity index (χ1) is 11.1. The van der Waals surface area contributed by atoms with Crippen molar-refractivity contribution in [3.8, 4) is 0 Å². The lowest BCUT2D eigenvalue weighted by Gasteiger charge is -1.98. The van der Waals surface area contributed by atoms with Crippen molar-refractivity contribution >= 4 is 23.1 Å². The van der Waals surface area contributed by atoms with E-state index in [1.807, 2.05) is 17.5 Å². The summed E-state index contributed by atoms with van der Waals surface area (Å²) in [6.45, 7) is 0.440. The van der Waals surface area contributed by atoms with Crippen LogP contribution < -0.4 is 5.32 Å². The first-order valence-corrected chi connectivity index (χ1v) is 7.31. The van der Waals surface area contributed by atoms with Crippen LogP contribution >= 0.6 is 11.3 Å². The molecule has 3 aromatic rings. The van der Waals surface area contributed by atoms with Gasteiger partial charge in [0.05, 0.1) is 23.9 Å². The summed E-state index contributed by atoms with van der Waals surface area (Å²) >= 11 is 1.52. The second kappa shape index (κ2) is 6.36. The summed E-state index contributed by atoms with van der Waals surface area (Å²) in [4.78, 5) is 26.8. The molecule has 0 aliphatic heterocycles. The van der Waals surface area contributed by atoms with Gasteiger partial charge in [0.2, 0.25) is 0 Å². The number of nitrogens with zero attached hydrogens (tertiary/aromatic N) is 5. The van der Waals surface area contributed by atoms with Crippen molar-refractivity contribution in [3.63, 3.8) is 0 Å². The zero-order chi connectivity index (χ0) is 16.2. The van der Waals surface area contributed by atoms with Crippen molar-refractivity contribution in [3.05, 3.63) is 56.5 Å². The molecular weight excluding hydrogens is 324 g/mol. The topological polar surface area (TPSA) is 129 Å². The molecule has 0 saturated carbocycles. The Hall–Kier alpha value is -3.08. The third-order valence-electron chi connectivity index (χ3n) is 2.78. The van der Waals surface area contributed by atoms with E-state index in [1.165, 1.54) is 28.3 Å². The number of thiophene rings is 1. The fourth-order valence-corrected chi connectivity index (χ4v) is 2.39. The van der Waals surface area contributed by atoms with E-state index < -0.39 is 10.8 Å². The van der Waals surface area contributed by atoms with Crippen LogP contribution in [0.1, 0.15) is 21.4 Å². The predicted octanol–water partition coefficient (Wildman–Crippen LogP) is 1.21. The van der Waals surface area contributed by atoms with E-state index in [4.69, 9.17) is 4.52 Å². The Balaban J connectivity index is 1.60. The van der Waals surface area contributed by atoms with Crippen LogP contribution in [0.4, 0.5) is 5.82 Å². The zero-order valence-electron chi connectivity index (χ0n) is 11.6. The van der Waals surface area contributed by atoms with Gasteiger partial charge in [0.15, 0.2) is 5.82 Å².